The highest BCUT2D eigenvalue weighted by molar-refractivity contribution is 6.31. The molecule has 28 heavy (non-hydrogen) atoms. The Morgan fingerprint density at radius 1 is 1.18 bits per heavy atom. The smallest absolute Gasteiger partial charge is 0.289 e. The molecule has 0 aliphatic heterocycles. The molecule has 154 valence electrons. The molecule has 2 rings (SSSR count). The number of halogens is 1. The van der Waals surface area contributed by atoms with Crippen molar-refractivity contribution in [2.45, 2.75) is 59.3 Å². The summed E-state index contributed by atoms with van der Waals surface area (Å²) in [6.07, 6.45) is 2.38. The number of hydrogen-bond donors (Lipinski definition) is 0. The Morgan fingerprint density at radius 2 is 1.86 bits per heavy atom. The average molecular weight is 409 g/mol. The molecule has 1 unspecified atom stereocenters. The highest BCUT2D eigenvalue weighted by Gasteiger charge is 2.20. The molecule has 0 aliphatic carbocycles. The number of hydrogen-bond acceptors (Lipinski definition) is 5. The van der Waals surface area contributed by atoms with Gasteiger partial charge in [-0.15, -0.1) is 0 Å². The number of aromatic nitrogens is 2. The van der Waals surface area contributed by atoms with Crippen molar-refractivity contribution >= 4 is 11.6 Å². The monoisotopic (exact) mass is 408 g/mol. The first kappa shape index (κ1) is 22.2. The van der Waals surface area contributed by atoms with Crippen molar-refractivity contribution in [1.82, 2.24) is 9.78 Å². The lowest BCUT2D eigenvalue weighted by molar-refractivity contribution is 0.0547. The van der Waals surface area contributed by atoms with E-state index in [1.54, 1.807) is 0 Å². The van der Waals surface area contributed by atoms with Crippen LogP contribution in [0.25, 0.3) is 0 Å². The van der Waals surface area contributed by atoms with Gasteiger partial charge in [-0.2, -0.15) is 5.10 Å². The minimum Gasteiger partial charge on any atom is -0.488 e. The van der Waals surface area contributed by atoms with E-state index in [1.165, 1.54) is 10.9 Å². The summed E-state index contributed by atoms with van der Waals surface area (Å²) in [4.78, 5) is 12.4. The van der Waals surface area contributed by atoms with E-state index in [1.807, 2.05) is 52.0 Å². The lowest BCUT2D eigenvalue weighted by Gasteiger charge is -2.21. The molecule has 0 bridgehead atoms. The zero-order chi connectivity index (χ0) is 20.7. The normalized spacial score (nSPS) is 12.6. The van der Waals surface area contributed by atoms with Gasteiger partial charge in [0.15, 0.2) is 10.8 Å². The minimum atomic E-state index is -0.451. The predicted molar refractivity (Wildman–Crippen MR) is 110 cm³/mol. The van der Waals surface area contributed by atoms with Crippen molar-refractivity contribution in [2.75, 3.05) is 13.2 Å². The van der Waals surface area contributed by atoms with E-state index in [-0.39, 0.29) is 29.0 Å². The van der Waals surface area contributed by atoms with Crippen molar-refractivity contribution in [3.8, 4) is 11.5 Å². The summed E-state index contributed by atoms with van der Waals surface area (Å²) in [7, 11) is 0. The molecule has 0 amide bonds. The van der Waals surface area contributed by atoms with Crippen LogP contribution < -0.4 is 15.0 Å². The fraction of sp³-hybridized carbons (Fsp3) is 0.524. The lowest BCUT2D eigenvalue weighted by atomic mass is 10.1. The highest BCUT2D eigenvalue weighted by Crippen LogP contribution is 2.22. The van der Waals surface area contributed by atoms with E-state index in [0.29, 0.717) is 13.2 Å². The van der Waals surface area contributed by atoms with Crippen LogP contribution in [0.1, 0.15) is 46.6 Å². The lowest BCUT2D eigenvalue weighted by Crippen LogP contribution is -2.36. The topological polar surface area (TPSA) is 62.6 Å². The zero-order valence-corrected chi connectivity index (χ0v) is 18.0. The third kappa shape index (κ3) is 5.97. The summed E-state index contributed by atoms with van der Waals surface area (Å²) in [5, 5.41) is 4.20. The van der Waals surface area contributed by atoms with E-state index in [4.69, 9.17) is 25.8 Å². The zero-order valence-electron chi connectivity index (χ0n) is 17.2. The maximum absolute atomic E-state index is 12.4. The number of benzene rings is 1. The molecule has 1 atom stereocenters. The minimum absolute atomic E-state index is 0.0289. The fourth-order valence-corrected chi connectivity index (χ4v) is 2.68. The van der Waals surface area contributed by atoms with Gasteiger partial charge in [-0.05, 0) is 51.8 Å². The molecule has 0 saturated carbocycles. The molecule has 1 aromatic carbocycles. The Morgan fingerprint density at radius 3 is 2.43 bits per heavy atom. The summed E-state index contributed by atoms with van der Waals surface area (Å²) in [6, 6.07) is 7.62. The molecule has 6 nitrogen and oxygen atoms in total. The van der Waals surface area contributed by atoms with Gasteiger partial charge < -0.3 is 14.2 Å². The average Bonchev–Trinajstić information content (AvgIpc) is 2.66. The maximum atomic E-state index is 12.4. The van der Waals surface area contributed by atoms with Gasteiger partial charge in [0.05, 0.1) is 18.3 Å². The van der Waals surface area contributed by atoms with Crippen molar-refractivity contribution < 1.29 is 14.2 Å². The van der Waals surface area contributed by atoms with Crippen LogP contribution in [0, 0.1) is 0 Å². The third-order valence-electron chi connectivity index (χ3n) is 4.11. The molecule has 0 spiro atoms. The van der Waals surface area contributed by atoms with Crippen LogP contribution in [0.15, 0.2) is 35.3 Å². The Balaban J connectivity index is 2.00. The Bertz CT molecular complexity index is 813. The van der Waals surface area contributed by atoms with Crippen LogP contribution >= 0.6 is 11.6 Å². The van der Waals surface area contributed by atoms with Crippen molar-refractivity contribution in [3.63, 3.8) is 0 Å². The van der Waals surface area contributed by atoms with Crippen LogP contribution in [0.4, 0.5) is 0 Å². The first-order chi connectivity index (χ1) is 13.3. The van der Waals surface area contributed by atoms with Crippen LogP contribution in [-0.4, -0.2) is 29.1 Å². The second kappa shape index (κ2) is 9.94. The Labute approximate surface area is 171 Å². The van der Waals surface area contributed by atoms with Crippen LogP contribution in [0.5, 0.6) is 11.5 Å². The van der Waals surface area contributed by atoms with E-state index >= 15 is 0 Å². The van der Waals surface area contributed by atoms with Crippen LogP contribution in [-0.2, 0) is 16.9 Å². The molecular formula is C21H29ClN2O4. The molecule has 0 radical (unpaired) electrons. The Kier molecular flexibility index (Phi) is 7.89. The molecule has 7 heteroatoms. The Hall–Kier alpha value is -2.05. The van der Waals surface area contributed by atoms with Crippen molar-refractivity contribution in [3.05, 3.63) is 51.4 Å². The first-order valence-electron chi connectivity index (χ1n) is 9.50. The summed E-state index contributed by atoms with van der Waals surface area (Å²) in [5.41, 5.74) is 0.115. The number of rotatable bonds is 9. The second-order valence-electron chi connectivity index (χ2n) is 7.45. The molecule has 0 N–H and O–H groups in total. The largest absolute Gasteiger partial charge is 0.488 e. The SMILES string of the molecule is CCOCC(CC)Oc1ccc(COc2cnn(C(C)(C)C)c(=O)c2Cl)cc1. The highest BCUT2D eigenvalue weighted by atomic mass is 35.5. The maximum Gasteiger partial charge on any atom is 0.289 e. The molecular weight excluding hydrogens is 380 g/mol. The molecule has 0 fully saturated rings. The van der Waals surface area contributed by atoms with E-state index in [0.717, 1.165) is 17.7 Å². The second-order valence-corrected chi connectivity index (χ2v) is 7.83. The molecule has 1 heterocycles. The van der Waals surface area contributed by atoms with Gasteiger partial charge in [0, 0.05) is 6.61 Å². The number of ether oxygens (including phenoxy) is 3. The molecule has 0 saturated heterocycles. The summed E-state index contributed by atoms with van der Waals surface area (Å²) in [6.45, 7) is 11.2. The van der Waals surface area contributed by atoms with Gasteiger partial charge in [0.25, 0.3) is 5.56 Å². The van der Waals surface area contributed by atoms with Gasteiger partial charge >= 0.3 is 0 Å². The molecule has 2 aromatic rings. The standard InChI is InChI=1S/C21H29ClN2O4/c1-6-16(14-26-7-2)28-17-10-8-15(9-11-17)13-27-18-12-23-24(21(3,4)5)20(25)19(18)22/h8-12,16H,6-7,13-14H2,1-5H3. The predicted octanol–water partition coefficient (Wildman–Crippen LogP) is 4.42. The van der Waals surface area contributed by atoms with Crippen molar-refractivity contribution in [2.24, 2.45) is 0 Å². The quantitative estimate of drug-likeness (QED) is 0.614. The van der Waals surface area contributed by atoms with E-state index in [9.17, 15) is 4.79 Å². The summed E-state index contributed by atoms with van der Waals surface area (Å²) in [5.74, 6) is 1.05. The van der Waals surface area contributed by atoms with Gasteiger partial charge in [0.1, 0.15) is 18.5 Å². The van der Waals surface area contributed by atoms with Crippen LogP contribution in [0.2, 0.25) is 5.02 Å². The van der Waals surface area contributed by atoms with Gasteiger partial charge in [-0.3, -0.25) is 4.79 Å². The fourth-order valence-electron chi connectivity index (χ4n) is 2.50. The molecule has 1 aromatic heterocycles. The van der Waals surface area contributed by atoms with Crippen molar-refractivity contribution in [1.29, 1.82) is 0 Å². The third-order valence-corrected chi connectivity index (χ3v) is 4.45. The summed E-state index contributed by atoms with van der Waals surface area (Å²) < 4.78 is 18.4. The molecule has 0 aliphatic rings. The summed E-state index contributed by atoms with van der Waals surface area (Å²) >= 11 is 6.18. The van der Waals surface area contributed by atoms with Crippen LogP contribution in [0.3, 0.4) is 0 Å². The van der Waals surface area contributed by atoms with Gasteiger partial charge in [0.2, 0.25) is 0 Å². The van der Waals surface area contributed by atoms with Gasteiger partial charge in [-0.1, -0.05) is 30.7 Å². The first-order valence-corrected chi connectivity index (χ1v) is 9.88. The van der Waals surface area contributed by atoms with E-state index < -0.39 is 5.54 Å². The van der Waals surface area contributed by atoms with E-state index in [2.05, 4.69) is 12.0 Å². The number of nitrogens with zero attached hydrogens (tertiary/aromatic N) is 2. The van der Waals surface area contributed by atoms with Gasteiger partial charge in [-0.25, -0.2) is 4.68 Å².